The Morgan fingerprint density at radius 3 is 2.50 bits per heavy atom. The molecule has 0 fully saturated rings. The molecule has 3 N–H and O–H groups in total. The maximum atomic E-state index is 12.1. The number of amides is 1. The lowest BCUT2D eigenvalue weighted by Crippen LogP contribution is -2.37. The van der Waals surface area contributed by atoms with E-state index in [1.165, 1.54) is 5.56 Å². The first-order chi connectivity index (χ1) is 15.2. The summed E-state index contributed by atoms with van der Waals surface area (Å²) in [5.74, 6) is 0.693. The zero-order valence-corrected chi connectivity index (χ0v) is 20.9. The number of halogens is 1. The molecule has 3 aromatic rings. The number of rotatable bonds is 9. The van der Waals surface area contributed by atoms with Gasteiger partial charge in [-0.15, -0.1) is 24.0 Å². The summed E-state index contributed by atoms with van der Waals surface area (Å²) in [6, 6.07) is 17.9. The normalized spacial score (nSPS) is 10.9. The summed E-state index contributed by atoms with van der Waals surface area (Å²) in [6.45, 7) is 4.08. The number of hydrogen-bond acceptors (Lipinski definition) is 3. The van der Waals surface area contributed by atoms with E-state index in [-0.39, 0.29) is 29.9 Å². The lowest BCUT2D eigenvalue weighted by Gasteiger charge is -2.13. The van der Waals surface area contributed by atoms with Crippen LogP contribution in [-0.2, 0) is 13.0 Å². The van der Waals surface area contributed by atoms with Gasteiger partial charge in [0, 0.05) is 44.6 Å². The lowest BCUT2D eigenvalue weighted by atomic mass is 10.1. The molecule has 32 heavy (non-hydrogen) atoms. The van der Waals surface area contributed by atoms with Crippen molar-refractivity contribution >= 4 is 35.8 Å². The fourth-order valence-electron chi connectivity index (χ4n) is 3.13. The van der Waals surface area contributed by atoms with Gasteiger partial charge < -0.3 is 16.0 Å². The van der Waals surface area contributed by atoms with Crippen LogP contribution in [0, 0.1) is 0 Å². The number of hydrogen-bond donors (Lipinski definition) is 3. The van der Waals surface area contributed by atoms with Gasteiger partial charge >= 0.3 is 0 Å². The number of aliphatic imine (C=N–C) groups is 1. The van der Waals surface area contributed by atoms with Crippen molar-refractivity contribution in [2.45, 2.75) is 26.3 Å². The van der Waals surface area contributed by atoms with Gasteiger partial charge in [-0.25, -0.2) is 4.68 Å². The summed E-state index contributed by atoms with van der Waals surface area (Å²) in [4.78, 5) is 16.4. The third-order valence-electron chi connectivity index (χ3n) is 4.82. The molecule has 7 nitrogen and oxygen atoms in total. The predicted octanol–water partition coefficient (Wildman–Crippen LogP) is 3.54. The number of nitrogens with zero attached hydrogens (tertiary/aromatic N) is 3. The third-order valence-corrected chi connectivity index (χ3v) is 4.82. The van der Waals surface area contributed by atoms with E-state index in [2.05, 4.69) is 50.3 Å². The number of guanidine groups is 1. The number of nitrogens with one attached hydrogen (secondary N) is 3. The molecular formula is C24H31IN6O. The van der Waals surface area contributed by atoms with Crippen LogP contribution in [0.15, 0.2) is 72.0 Å². The first kappa shape index (κ1) is 25.4. The van der Waals surface area contributed by atoms with E-state index < -0.39 is 0 Å². The minimum Gasteiger partial charge on any atom is -0.356 e. The minimum absolute atomic E-state index is 0. The van der Waals surface area contributed by atoms with Crippen LogP contribution in [0.2, 0.25) is 0 Å². The van der Waals surface area contributed by atoms with Gasteiger partial charge in [0.1, 0.15) is 0 Å². The van der Waals surface area contributed by atoms with Gasteiger partial charge in [0.2, 0.25) is 0 Å². The quantitative estimate of drug-likeness (QED) is 0.218. The minimum atomic E-state index is -0.0372. The van der Waals surface area contributed by atoms with E-state index >= 15 is 0 Å². The molecule has 0 radical (unpaired) electrons. The Balaban J connectivity index is 0.00000363. The van der Waals surface area contributed by atoms with Gasteiger partial charge in [0.15, 0.2) is 5.96 Å². The second-order valence-corrected chi connectivity index (χ2v) is 7.18. The van der Waals surface area contributed by atoms with Crippen LogP contribution in [0.3, 0.4) is 0 Å². The summed E-state index contributed by atoms with van der Waals surface area (Å²) in [5, 5.41) is 13.8. The van der Waals surface area contributed by atoms with Gasteiger partial charge in [0.05, 0.1) is 5.69 Å². The Hall–Kier alpha value is -2.88. The van der Waals surface area contributed by atoms with Crippen molar-refractivity contribution in [2.24, 2.45) is 4.99 Å². The van der Waals surface area contributed by atoms with Gasteiger partial charge in [-0.3, -0.25) is 9.79 Å². The molecule has 0 aliphatic carbocycles. The van der Waals surface area contributed by atoms with Crippen LogP contribution < -0.4 is 16.0 Å². The van der Waals surface area contributed by atoms with Crippen LogP contribution in [0.4, 0.5) is 0 Å². The van der Waals surface area contributed by atoms with Gasteiger partial charge in [0.25, 0.3) is 5.91 Å². The molecule has 0 unspecified atom stereocenters. The molecule has 1 amide bonds. The smallest absolute Gasteiger partial charge is 0.251 e. The summed E-state index contributed by atoms with van der Waals surface area (Å²) >= 11 is 0. The maximum Gasteiger partial charge on any atom is 0.251 e. The Labute approximate surface area is 206 Å². The number of aromatic nitrogens is 2. The highest BCUT2D eigenvalue weighted by Gasteiger charge is 2.06. The van der Waals surface area contributed by atoms with E-state index in [9.17, 15) is 4.79 Å². The van der Waals surface area contributed by atoms with E-state index in [0.717, 1.165) is 36.6 Å². The molecule has 2 aromatic carbocycles. The van der Waals surface area contributed by atoms with Crippen molar-refractivity contribution in [3.8, 4) is 5.69 Å². The molecule has 0 atom stereocenters. The fourth-order valence-corrected chi connectivity index (χ4v) is 3.13. The molecule has 0 spiro atoms. The van der Waals surface area contributed by atoms with Crippen molar-refractivity contribution in [1.82, 2.24) is 25.7 Å². The zero-order valence-electron chi connectivity index (χ0n) is 18.5. The monoisotopic (exact) mass is 546 g/mol. The summed E-state index contributed by atoms with van der Waals surface area (Å²) in [7, 11) is 1.75. The van der Waals surface area contributed by atoms with Crippen LogP contribution in [0.5, 0.6) is 0 Å². The van der Waals surface area contributed by atoms with Crippen molar-refractivity contribution in [3.63, 3.8) is 0 Å². The third kappa shape index (κ3) is 7.67. The molecule has 170 valence electrons. The van der Waals surface area contributed by atoms with Crippen molar-refractivity contribution in [2.75, 3.05) is 20.1 Å². The first-order valence-corrected chi connectivity index (χ1v) is 10.6. The second-order valence-electron chi connectivity index (χ2n) is 7.18. The molecule has 0 saturated heterocycles. The van der Waals surface area contributed by atoms with E-state index in [1.807, 2.05) is 48.1 Å². The predicted molar refractivity (Wildman–Crippen MR) is 140 cm³/mol. The molecular weight excluding hydrogens is 515 g/mol. The van der Waals surface area contributed by atoms with Crippen molar-refractivity contribution in [1.29, 1.82) is 0 Å². The number of carbonyl (C=O) groups excluding carboxylic acids is 1. The molecule has 0 saturated carbocycles. The molecule has 0 bridgehead atoms. The first-order valence-electron chi connectivity index (χ1n) is 10.6. The summed E-state index contributed by atoms with van der Waals surface area (Å²) in [6.07, 6.45) is 5.50. The molecule has 0 aliphatic heterocycles. The number of carbonyl (C=O) groups is 1. The highest BCUT2D eigenvalue weighted by Crippen LogP contribution is 2.09. The average molecular weight is 546 g/mol. The highest BCUT2D eigenvalue weighted by molar-refractivity contribution is 14.0. The largest absolute Gasteiger partial charge is 0.356 e. The van der Waals surface area contributed by atoms with E-state index in [4.69, 9.17) is 0 Å². The average Bonchev–Trinajstić information content (AvgIpc) is 3.35. The van der Waals surface area contributed by atoms with Gasteiger partial charge in [-0.1, -0.05) is 31.2 Å². The Bertz CT molecular complexity index is 986. The lowest BCUT2D eigenvalue weighted by molar-refractivity contribution is 0.0953. The number of benzene rings is 2. The van der Waals surface area contributed by atoms with Crippen molar-refractivity contribution in [3.05, 3.63) is 83.7 Å². The van der Waals surface area contributed by atoms with Gasteiger partial charge in [-0.2, -0.15) is 5.10 Å². The van der Waals surface area contributed by atoms with E-state index in [0.29, 0.717) is 18.7 Å². The Morgan fingerprint density at radius 2 is 1.81 bits per heavy atom. The van der Waals surface area contributed by atoms with E-state index in [1.54, 1.807) is 13.2 Å². The van der Waals surface area contributed by atoms with Crippen LogP contribution >= 0.6 is 24.0 Å². The molecule has 3 rings (SSSR count). The highest BCUT2D eigenvalue weighted by atomic mass is 127. The molecule has 1 aromatic heterocycles. The van der Waals surface area contributed by atoms with Crippen LogP contribution in [0.1, 0.15) is 34.8 Å². The maximum absolute atomic E-state index is 12.1. The molecule has 8 heteroatoms. The van der Waals surface area contributed by atoms with Crippen LogP contribution in [-0.4, -0.2) is 41.8 Å². The summed E-state index contributed by atoms with van der Waals surface area (Å²) < 4.78 is 1.84. The van der Waals surface area contributed by atoms with Gasteiger partial charge in [-0.05, 0) is 54.3 Å². The SMILES string of the molecule is CCCNC(=O)c1cccc(CNC(=NC)NCCc2ccc(-n3cccn3)cc2)c1.I. The van der Waals surface area contributed by atoms with Crippen LogP contribution in [0.25, 0.3) is 5.69 Å². The molecule has 0 aliphatic rings. The topological polar surface area (TPSA) is 83.3 Å². The second kappa shape index (κ2) is 13.5. The molecule has 1 heterocycles. The zero-order chi connectivity index (χ0) is 21.9. The fraction of sp³-hybridized carbons (Fsp3) is 0.292. The Morgan fingerprint density at radius 1 is 1.00 bits per heavy atom. The standard InChI is InChI=1S/C24H30N6O.HI/c1-3-13-26-23(31)21-7-4-6-20(17-21)18-28-24(25-2)27-15-12-19-8-10-22(11-9-19)30-16-5-14-29-30;/h4-11,14,16-17H,3,12-13,15,18H2,1-2H3,(H,26,31)(H2,25,27,28);1H. The summed E-state index contributed by atoms with van der Waals surface area (Å²) in [5.41, 5.74) is 3.99. The Kier molecular flexibility index (Phi) is 10.7. The van der Waals surface area contributed by atoms with Crippen molar-refractivity contribution < 1.29 is 4.79 Å².